The van der Waals surface area contributed by atoms with Crippen LogP contribution in [0.2, 0.25) is 0 Å². The third-order valence-corrected chi connectivity index (χ3v) is 3.53. The van der Waals surface area contributed by atoms with E-state index in [2.05, 4.69) is 5.32 Å². The molecule has 0 aliphatic rings. The molecule has 0 spiro atoms. The van der Waals surface area contributed by atoms with Gasteiger partial charge in [0, 0.05) is 18.7 Å². The quantitative estimate of drug-likeness (QED) is 0.814. The highest BCUT2D eigenvalue weighted by Gasteiger charge is 2.07. The number of rotatable bonds is 8. The van der Waals surface area contributed by atoms with E-state index in [0.29, 0.717) is 26.2 Å². The zero-order valence-corrected chi connectivity index (χ0v) is 13.7. The predicted octanol–water partition coefficient (Wildman–Crippen LogP) is 3.09. The molecular formula is C19H23NO3. The van der Waals surface area contributed by atoms with Gasteiger partial charge in [-0.15, -0.1) is 0 Å². The second-order valence-corrected chi connectivity index (χ2v) is 5.22. The van der Waals surface area contributed by atoms with Crippen molar-refractivity contribution in [3.63, 3.8) is 0 Å². The van der Waals surface area contributed by atoms with Gasteiger partial charge in [0.05, 0.1) is 20.1 Å². The van der Waals surface area contributed by atoms with Crippen molar-refractivity contribution in [3.05, 3.63) is 65.2 Å². The first-order valence-electron chi connectivity index (χ1n) is 7.77. The van der Waals surface area contributed by atoms with Crippen molar-refractivity contribution in [1.29, 1.82) is 0 Å². The molecule has 0 saturated carbocycles. The molecule has 2 aromatic carbocycles. The van der Waals surface area contributed by atoms with E-state index in [0.717, 1.165) is 22.4 Å². The van der Waals surface area contributed by atoms with Crippen molar-refractivity contribution < 1.29 is 14.3 Å². The Kier molecular flexibility index (Phi) is 6.63. The molecule has 23 heavy (non-hydrogen) atoms. The molecule has 0 heterocycles. The molecule has 122 valence electrons. The number of amides is 1. The maximum Gasteiger partial charge on any atom is 0.224 e. The van der Waals surface area contributed by atoms with Crippen LogP contribution in [0, 0.1) is 0 Å². The van der Waals surface area contributed by atoms with E-state index < -0.39 is 0 Å². The van der Waals surface area contributed by atoms with Gasteiger partial charge in [0.25, 0.3) is 0 Å². The fourth-order valence-electron chi connectivity index (χ4n) is 2.26. The molecule has 0 saturated heterocycles. The topological polar surface area (TPSA) is 47.6 Å². The minimum Gasteiger partial charge on any atom is -0.496 e. The number of ether oxygens (including phenoxy) is 2. The first-order valence-corrected chi connectivity index (χ1v) is 7.77. The molecule has 0 aliphatic carbocycles. The van der Waals surface area contributed by atoms with Crippen molar-refractivity contribution in [2.75, 3.05) is 13.7 Å². The Morgan fingerprint density at radius 1 is 1.04 bits per heavy atom. The summed E-state index contributed by atoms with van der Waals surface area (Å²) >= 11 is 0. The molecule has 0 fully saturated rings. The first kappa shape index (κ1) is 17.0. The average molecular weight is 313 g/mol. The Morgan fingerprint density at radius 2 is 1.74 bits per heavy atom. The van der Waals surface area contributed by atoms with Crippen LogP contribution in [0.3, 0.4) is 0 Å². The van der Waals surface area contributed by atoms with Gasteiger partial charge in [0.1, 0.15) is 5.75 Å². The van der Waals surface area contributed by atoms with Crippen LogP contribution in [0.25, 0.3) is 0 Å². The summed E-state index contributed by atoms with van der Waals surface area (Å²) in [5.41, 5.74) is 3.09. The number of nitrogens with one attached hydrogen (secondary N) is 1. The van der Waals surface area contributed by atoms with Gasteiger partial charge in [-0.1, -0.05) is 42.5 Å². The van der Waals surface area contributed by atoms with E-state index in [1.54, 1.807) is 7.11 Å². The highest BCUT2D eigenvalue weighted by Crippen LogP contribution is 2.17. The zero-order valence-electron chi connectivity index (χ0n) is 13.7. The Morgan fingerprint density at radius 3 is 2.43 bits per heavy atom. The van der Waals surface area contributed by atoms with Crippen LogP contribution in [0.15, 0.2) is 48.5 Å². The van der Waals surface area contributed by atoms with Crippen LogP contribution in [-0.2, 0) is 29.1 Å². The molecule has 0 unspecified atom stereocenters. The van der Waals surface area contributed by atoms with Crippen LogP contribution in [-0.4, -0.2) is 19.6 Å². The standard InChI is InChI=1S/C19H23NO3/c1-3-23-14-16-10-8-15(9-11-16)13-20-19(21)12-17-6-4-5-7-18(17)22-2/h4-11H,3,12-14H2,1-2H3,(H,20,21). The SMILES string of the molecule is CCOCc1ccc(CNC(=O)Cc2ccccc2OC)cc1. The number of carbonyl (C=O) groups excluding carboxylic acids is 1. The summed E-state index contributed by atoms with van der Waals surface area (Å²) in [4.78, 5) is 12.1. The number of hydrogen-bond acceptors (Lipinski definition) is 3. The minimum absolute atomic E-state index is 0.0205. The smallest absolute Gasteiger partial charge is 0.224 e. The van der Waals surface area contributed by atoms with Gasteiger partial charge in [0.15, 0.2) is 0 Å². The molecular weight excluding hydrogens is 290 g/mol. The highest BCUT2D eigenvalue weighted by molar-refractivity contribution is 5.79. The van der Waals surface area contributed by atoms with Gasteiger partial charge in [-0.3, -0.25) is 4.79 Å². The van der Waals surface area contributed by atoms with E-state index >= 15 is 0 Å². The van der Waals surface area contributed by atoms with Crippen LogP contribution < -0.4 is 10.1 Å². The van der Waals surface area contributed by atoms with Gasteiger partial charge >= 0.3 is 0 Å². The number of methoxy groups -OCH3 is 1. The van der Waals surface area contributed by atoms with Crippen molar-refractivity contribution in [2.24, 2.45) is 0 Å². The average Bonchev–Trinajstić information content (AvgIpc) is 2.59. The van der Waals surface area contributed by atoms with Gasteiger partial charge in [-0.2, -0.15) is 0 Å². The van der Waals surface area contributed by atoms with E-state index in [-0.39, 0.29) is 5.91 Å². The molecule has 0 bridgehead atoms. The Labute approximate surface area is 137 Å². The Balaban J connectivity index is 1.84. The fourth-order valence-corrected chi connectivity index (χ4v) is 2.26. The van der Waals surface area contributed by atoms with Gasteiger partial charge in [-0.05, 0) is 24.1 Å². The zero-order chi connectivity index (χ0) is 16.5. The Hall–Kier alpha value is -2.33. The summed E-state index contributed by atoms with van der Waals surface area (Å²) in [5.74, 6) is 0.718. The summed E-state index contributed by atoms with van der Waals surface area (Å²) in [7, 11) is 1.61. The van der Waals surface area contributed by atoms with E-state index in [4.69, 9.17) is 9.47 Å². The lowest BCUT2D eigenvalue weighted by molar-refractivity contribution is -0.120. The predicted molar refractivity (Wildman–Crippen MR) is 90.3 cm³/mol. The summed E-state index contributed by atoms with van der Waals surface area (Å²) in [6, 6.07) is 15.6. The van der Waals surface area contributed by atoms with Crippen molar-refractivity contribution in [2.45, 2.75) is 26.5 Å². The molecule has 4 heteroatoms. The van der Waals surface area contributed by atoms with Gasteiger partial charge in [0.2, 0.25) is 5.91 Å². The van der Waals surface area contributed by atoms with Gasteiger partial charge in [-0.25, -0.2) is 0 Å². The lowest BCUT2D eigenvalue weighted by atomic mass is 10.1. The highest BCUT2D eigenvalue weighted by atomic mass is 16.5. The summed E-state index contributed by atoms with van der Waals surface area (Å²) in [6.07, 6.45) is 0.312. The first-order chi connectivity index (χ1) is 11.2. The van der Waals surface area contributed by atoms with E-state index in [9.17, 15) is 4.79 Å². The molecule has 0 aliphatic heterocycles. The molecule has 2 aromatic rings. The van der Waals surface area contributed by atoms with Crippen LogP contribution >= 0.6 is 0 Å². The van der Waals surface area contributed by atoms with E-state index in [1.807, 2.05) is 55.5 Å². The molecule has 0 aromatic heterocycles. The largest absolute Gasteiger partial charge is 0.496 e. The van der Waals surface area contributed by atoms with Crippen molar-refractivity contribution in [3.8, 4) is 5.75 Å². The molecule has 1 N–H and O–H groups in total. The van der Waals surface area contributed by atoms with Crippen molar-refractivity contribution >= 4 is 5.91 Å². The van der Waals surface area contributed by atoms with Crippen LogP contribution in [0.5, 0.6) is 5.75 Å². The number of para-hydroxylation sites is 1. The number of hydrogen-bond donors (Lipinski definition) is 1. The summed E-state index contributed by atoms with van der Waals surface area (Å²) in [5, 5.41) is 2.94. The monoisotopic (exact) mass is 313 g/mol. The maximum atomic E-state index is 12.1. The third kappa shape index (κ3) is 5.42. The second kappa shape index (κ2) is 8.96. The molecule has 1 amide bonds. The lowest BCUT2D eigenvalue weighted by Gasteiger charge is -2.09. The number of carbonyl (C=O) groups is 1. The third-order valence-electron chi connectivity index (χ3n) is 3.53. The van der Waals surface area contributed by atoms with Crippen molar-refractivity contribution in [1.82, 2.24) is 5.32 Å². The molecule has 2 rings (SSSR count). The maximum absolute atomic E-state index is 12.1. The molecule has 0 radical (unpaired) electrons. The summed E-state index contributed by atoms with van der Waals surface area (Å²) < 4.78 is 10.6. The number of benzene rings is 2. The molecule has 0 atom stereocenters. The second-order valence-electron chi connectivity index (χ2n) is 5.22. The normalized spacial score (nSPS) is 10.3. The lowest BCUT2D eigenvalue weighted by Crippen LogP contribution is -2.24. The van der Waals surface area contributed by atoms with E-state index in [1.165, 1.54) is 0 Å². The van der Waals surface area contributed by atoms with Gasteiger partial charge < -0.3 is 14.8 Å². The fraction of sp³-hybridized carbons (Fsp3) is 0.316. The minimum atomic E-state index is -0.0205. The Bertz CT molecular complexity index is 623. The summed E-state index contributed by atoms with van der Waals surface area (Å²) in [6.45, 7) is 3.83. The molecule has 4 nitrogen and oxygen atoms in total. The van der Waals surface area contributed by atoms with Crippen LogP contribution in [0.1, 0.15) is 23.6 Å². The van der Waals surface area contributed by atoms with Crippen LogP contribution in [0.4, 0.5) is 0 Å².